The zero-order valence-electron chi connectivity index (χ0n) is 10.1. The average molecular weight is 320 g/mol. The number of hydrogen-bond acceptors (Lipinski definition) is 2. The van der Waals surface area contributed by atoms with Gasteiger partial charge in [0.25, 0.3) is 0 Å². The van der Waals surface area contributed by atoms with Gasteiger partial charge in [0.1, 0.15) is 11.4 Å². The van der Waals surface area contributed by atoms with Crippen LogP contribution in [0.2, 0.25) is 0 Å². The quantitative estimate of drug-likeness (QED) is 0.784. The van der Waals surface area contributed by atoms with Gasteiger partial charge in [-0.1, -0.05) is 15.9 Å². The highest BCUT2D eigenvalue weighted by Gasteiger charge is 2.20. The molecule has 0 aromatic heterocycles. The van der Waals surface area contributed by atoms with Crippen molar-refractivity contribution in [1.82, 2.24) is 0 Å². The van der Waals surface area contributed by atoms with E-state index in [9.17, 15) is 8.78 Å². The number of benzene rings is 1. The molecule has 2 nitrogen and oxygen atoms in total. The third-order valence-corrected chi connectivity index (χ3v) is 3.33. The lowest BCUT2D eigenvalue weighted by molar-refractivity contribution is 0.340. The van der Waals surface area contributed by atoms with Gasteiger partial charge in [-0.3, -0.25) is 0 Å². The summed E-state index contributed by atoms with van der Waals surface area (Å²) in [6, 6.07) is 2.52. The molecule has 1 aromatic rings. The molecule has 0 spiro atoms. The summed E-state index contributed by atoms with van der Waals surface area (Å²) in [5.41, 5.74) is 0.0842. The van der Waals surface area contributed by atoms with Crippen molar-refractivity contribution in [1.29, 1.82) is 0 Å². The molecule has 0 N–H and O–H groups in total. The first kappa shape index (κ1) is 13.6. The SMILES string of the molecule is Fc1cc(OCCBr)cc(F)c1N1CCCCC1. The Bertz CT molecular complexity index is 385. The fraction of sp³-hybridized carbons (Fsp3) is 0.538. The van der Waals surface area contributed by atoms with Crippen LogP contribution in [0.25, 0.3) is 0 Å². The van der Waals surface area contributed by atoms with Crippen LogP contribution < -0.4 is 9.64 Å². The Hall–Kier alpha value is -0.840. The number of anilines is 1. The third-order valence-electron chi connectivity index (χ3n) is 3.01. The molecule has 5 heteroatoms. The molecule has 1 fully saturated rings. The van der Waals surface area contributed by atoms with Gasteiger partial charge in [-0.05, 0) is 19.3 Å². The maximum Gasteiger partial charge on any atom is 0.153 e. The first-order chi connectivity index (χ1) is 8.72. The molecular weight excluding hydrogens is 304 g/mol. The van der Waals surface area contributed by atoms with Crippen molar-refractivity contribution in [2.24, 2.45) is 0 Å². The van der Waals surface area contributed by atoms with Crippen molar-refractivity contribution in [2.75, 3.05) is 29.9 Å². The molecule has 2 rings (SSSR count). The minimum absolute atomic E-state index is 0.0842. The topological polar surface area (TPSA) is 12.5 Å². The predicted octanol–water partition coefficient (Wildman–Crippen LogP) is 3.73. The molecule has 0 atom stereocenters. The number of nitrogens with zero attached hydrogens (tertiary/aromatic N) is 1. The van der Waals surface area contributed by atoms with Crippen LogP contribution >= 0.6 is 15.9 Å². The second-order valence-electron chi connectivity index (χ2n) is 4.32. The highest BCUT2D eigenvalue weighted by atomic mass is 79.9. The van der Waals surface area contributed by atoms with Crippen molar-refractivity contribution in [3.8, 4) is 5.75 Å². The minimum Gasteiger partial charge on any atom is -0.493 e. The van der Waals surface area contributed by atoms with Crippen LogP contribution in [0, 0.1) is 11.6 Å². The van der Waals surface area contributed by atoms with Gasteiger partial charge in [-0.15, -0.1) is 0 Å². The lowest BCUT2D eigenvalue weighted by Gasteiger charge is -2.29. The van der Waals surface area contributed by atoms with E-state index in [4.69, 9.17) is 4.74 Å². The normalized spacial score (nSPS) is 15.8. The minimum atomic E-state index is -0.540. The lowest BCUT2D eigenvalue weighted by atomic mass is 10.1. The number of alkyl halides is 1. The van der Waals surface area contributed by atoms with Crippen LogP contribution in [0.15, 0.2) is 12.1 Å². The van der Waals surface area contributed by atoms with Crippen molar-refractivity contribution in [3.63, 3.8) is 0 Å². The third kappa shape index (κ3) is 3.13. The maximum absolute atomic E-state index is 13.9. The summed E-state index contributed by atoms with van der Waals surface area (Å²) in [5, 5.41) is 0.629. The molecule has 0 radical (unpaired) electrons. The van der Waals surface area contributed by atoms with E-state index in [0.29, 0.717) is 11.9 Å². The number of ether oxygens (including phenoxy) is 1. The molecule has 0 bridgehead atoms. The van der Waals surface area contributed by atoms with E-state index in [-0.39, 0.29) is 11.4 Å². The van der Waals surface area contributed by atoms with E-state index >= 15 is 0 Å². The van der Waals surface area contributed by atoms with Gasteiger partial charge in [0.15, 0.2) is 11.6 Å². The van der Waals surface area contributed by atoms with E-state index in [0.717, 1.165) is 32.4 Å². The Morgan fingerprint density at radius 3 is 2.28 bits per heavy atom. The standard InChI is InChI=1S/C13H16BrF2NO/c14-4-7-18-10-8-11(15)13(12(16)9-10)17-5-2-1-3-6-17/h8-9H,1-7H2. The van der Waals surface area contributed by atoms with Crippen LogP contribution in [0.4, 0.5) is 14.5 Å². The Kier molecular flexibility index (Phi) is 4.80. The van der Waals surface area contributed by atoms with E-state index in [1.165, 1.54) is 12.1 Å². The summed E-state index contributed by atoms with van der Waals surface area (Å²) in [5.74, 6) is -0.840. The number of piperidine rings is 1. The highest BCUT2D eigenvalue weighted by molar-refractivity contribution is 9.09. The first-order valence-corrected chi connectivity index (χ1v) is 7.27. The Balaban J connectivity index is 2.20. The summed E-state index contributed by atoms with van der Waals surface area (Å²) < 4.78 is 33.1. The number of halogens is 3. The van der Waals surface area contributed by atoms with E-state index < -0.39 is 11.6 Å². The van der Waals surface area contributed by atoms with Gasteiger partial charge < -0.3 is 9.64 Å². The van der Waals surface area contributed by atoms with Gasteiger partial charge in [0, 0.05) is 30.6 Å². The molecule has 18 heavy (non-hydrogen) atoms. The average Bonchev–Trinajstić information content (AvgIpc) is 2.37. The van der Waals surface area contributed by atoms with Crippen LogP contribution in [0.3, 0.4) is 0 Å². The Morgan fingerprint density at radius 2 is 1.72 bits per heavy atom. The largest absolute Gasteiger partial charge is 0.493 e. The van der Waals surface area contributed by atoms with Crippen molar-refractivity contribution in [3.05, 3.63) is 23.8 Å². The number of rotatable bonds is 4. The van der Waals surface area contributed by atoms with Crippen LogP contribution in [-0.2, 0) is 0 Å². The fourth-order valence-corrected chi connectivity index (χ4v) is 2.36. The van der Waals surface area contributed by atoms with Crippen molar-refractivity contribution >= 4 is 21.6 Å². The molecular formula is C13H16BrF2NO. The first-order valence-electron chi connectivity index (χ1n) is 6.15. The fourth-order valence-electron chi connectivity index (χ4n) is 2.20. The van der Waals surface area contributed by atoms with Gasteiger partial charge in [0.2, 0.25) is 0 Å². The van der Waals surface area contributed by atoms with Crippen molar-refractivity contribution in [2.45, 2.75) is 19.3 Å². The molecule has 0 unspecified atom stereocenters. The second kappa shape index (κ2) is 6.36. The smallest absolute Gasteiger partial charge is 0.153 e. The molecule has 0 saturated carbocycles. The zero-order valence-corrected chi connectivity index (χ0v) is 11.7. The Morgan fingerprint density at radius 1 is 1.11 bits per heavy atom. The summed E-state index contributed by atoms with van der Waals surface area (Å²) in [7, 11) is 0. The summed E-state index contributed by atoms with van der Waals surface area (Å²) in [6.07, 6.45) is 3.10. The summed E-state index contributed by atoms with van der Waals surface area (Å²) in [6.45, 7) is 1.83. The highest BCUT2D eigenvalue weighted by Crippen LogP contribution is 2.30. The molecule has 100 valence electrons. The molecule has 1 aliphatic rings. The molecule has 0 aliphatic carbocycles. The number of hydrogen-bond donors (Lipinski definition) is 0. The van der Waals surface area contributed by atoms with Crippen LogP contribution in [-0.4, -0.2) is 25.0 Å². The van der Waals surface area contributed by atoms with Gasteiger partial charge in [-0.2, -0.15) is 0 Å². The molecule has 1 saturated heterocycles. The molecule has 1 aromatic carbocycles. The second-order valence-corrected chi connectivity index (χ2v) is 5.11. The predicted molar refractivity (Wildman–Crippen MR) is 71.7 cm³/mol. The van der Waals surface area contributed by atoms with Gasteiger partial charge >= 0.3 is 0 Å². The van der Waals surface area contributed by atoms with Gasteiger partial charge in [0.05, 0.1) is 6.61 Å². The summed E-state index contributed by atoms with van der Waals surface area (Å²) in [4.78, 5) is 1.78. The molecule has 1 aliphatic heterocycles. The maximum atomic E-state index is 13.9. The molecule has 0 amide bonds. The molecule has 1 heterocycles. The van der Waals surface area contributed by atoms with E-state index in [2.05, 4.69) is 15.9 Å². The van der Waals surface area contributed by atoms with Gasteiger partial charge in [-0.25, -0.2) is 8.78 Å². The monoisotopic (exact) mass is 319 g/mol. The van der Waals surface area contributed by atoms with E-state index in [1.807, 2.05) is 0 Å². The van der Waals surface area contributed by atoms with E-state index in [1.54, 1.807) is 4.90 Å². The van der Waals surface area contributed by atoms with Crippen LogP contribution in [0.1, 0.15) is 19.3 Å². The summed E-state index contributed by atoms with van der Waals surface area (Å²) >= 11 is 3.20. The van der Waals surface area contributed by atoms with Crippen LogP contribution in [0.5, 0.6) is 5.75 Å². The Labute approximate surface area is 114 Å². The van der Waals surface area contributed by atoms with Crippen molar-refractivity contribution < 1.29 is 13.5 Å². The lowest BCUT2D eigenvalue weighted by Crippen LogP contribution is -2.31. The zero-order chi connectivity index (χ0) is 13.0.